The van der Waals surface area contributed by atoms with Gasteiger partial charge in [0.1, 0.15) is 5.69 Å². The first-order chi connectivity index (χ1) is 8.59. The molecule has 1 fully saturated rings. The summed E-state index contributed by atoms with van der Waals surface area (Å²) in [6, 6.07) is 2.39. The molecule has 1 N–H and O–H groups in total. The summed E-state index contributed by atoms with van der Waals surface area (Å²) in [4.78, 5) is 13.8. The SMILES string of the molecule is CC(C)N(C)C(=O)c1ccn(C2CCCNC2)n1. The number of nitrogens with zero attached hydrogens (tertiary/aromatic N) is 3. The Morgan fingerprint density at radius 1 is 1.61 bits per heavy atom. The standard InChI is InChI=1S/C13H22N4O/c1-10(2)16(3)13(18)12-6-8-17(15-12)11-5-4-7-14-9-11/h6,8,10-11,14H,4-5,7,9H2,1-3H3. The van der Waals surface area contributed by atoms with E-state index in [-0.39, 0.29) is 11.9 Å². The highest BCUT2D eigenvalue weighted by atomic mass is 16.2. The Labute approximate surface area is 108 Å². The van der Waals surface area contributed by atoms with E-state index in [0.29, 0.717) is 11.7 Å². The van der Waals surface area contributed by atoms with Crippen LogP contribution in [-0.2, 0) is 0 Å². The van der Waals surface area contributed by atoms with E-state index in [9.17, 15) is 4.79 Å². The largest absolute Gasteiger partial charge is 0.338 e. The molecular formula is C13H22N4O. The van der Waals surface area contributed by atoms with Crippen LogP contribution in [0.1, 0.15) is 43.2 Å². The number of hydrogen-bond donors (Lipinski definition) is 1. The highest BCUT2D eigenvalue weighted by Gasteiger charge is 2.20. The maximum Gasteiger partial charge on any atom is 0.274 e. The van der Waals surface area contributed by atoms with E-state index in [0.717, 1.165) is 19.5 Å². The van der Waals surface area contributed by atoms with Gasteiger partial charge in [0.05, 0.1) is 6.04 Å². The van der Waals surface area contributed by atoms with Crippen molar-refractivity contribution < 1.29 is 4.79 Å². The Bertz CT molecular complexity index is 407. The quantitative estimate of drug-likeness (QED) is 0.879. The lowest BCUT2D eigenvalue weighted by Crippen LogP contribution is -2.34. The molecule has 2 heterocycles. The van der Waals surface area contributed by atoms with Crippen LogP contribution in [-0.4, -0.2) is 46.8 Å². The van der Waals surface area contributed by atoms with Gasteiger partial charge < -0.3 is 10.2 Å². The summed E-state index contributed by atoms with van der Waals surface area (Å²) in [5, 5.41) is 7.78. The predicted octanol–water partition coefficient (Wildman–Crippen LogP) is 1.29. The highest BCUT2D eigenvalue weighted by molar-refractivity contribution is 5.92. The molecule has 1 amide bonds. The van der Waals surface area contributed by atoms with Gasteiger partial charge in [0, 0.05) is 25.8 Å². The highest BCUT2D eigenvalue weighted by Crippen LogP contribution is 2.16. The number of hydrogen-bond acceptors (Lipinski definition) is 3. The van der Waals surface area contributed by atoms with Crippen molar-refractivity contribution in [2.24, 2.45) is 0 Å². The molecule has 1 atom stereocenters. The Morgan fingerprint density at radius 2 is 2.39 bits per heavy atom. The van der Waals surface area contributed by atoms with Gasteiger partial charge in [-0.2, -0.15) is 5.10 Å². The average Bonchev–Trinajstić information content (AvgIpc) is 2.87. The molecule has 0 radical (unpaired) electrons. The fourth-order valence-electron chi connectivity index (χ4n) is 2.13. The van der Waals surface area contributed by atoms with E-state index in [2.05, 4.69) is 10.4 Å². The Kier molecular flexibility index (Phi) is 4.01. The molecule has 0 bridgehead atoms. The van der Waals surface area contributed by atoms with Gasteiger partial charge in [-0.1, -0.05) is 0 Å². The Balaban J connectivity index is 2.07. The number of nitrogens with one attached hydrogen (secondary N) is 1. The van der Waals surface area contributed by atoms with E-state index in [1.54, 1.807) is 4.90 Å². The summed E-state index contributed by atoms with van der Waals surface area (Å²) in [7, 11) is 1.81. The Morgan fingerprint density at radius 3 is 3.00 bits per heavy atom. The molecule has 0 saturated carbocycles. The van der Waals surface area contributed by atoms with Crippen LogP contribution in [0.3, 0.4) is 0 Å². The molecule has 1 aromatic rings. The zero-order chi connectivity index (χ0) is 13.1. The fraction of sp³-hybridized carbons (Fsp3) is 0.692. The molecule has 100 valence electrons. The van der Waals surface area contributed by atoms with E-state index in [1.165, 1.54) is 6.42 Å². The number of carbonyl (C=O) groups is 1. The van der Waals surface area contributed by atoms with Crippen LogP contribution >= 0.6 is 0 Å². The van der Waals surface area contributed by atoms with Crippen molar-refractivity contribution in [3.63, 3.8) is 0 Å². The summed E-state index contributed by atoms with van der Waals surface area (Å²) < 4.78 is 1.92. The van der Waals surface area contributed by atoms with Crippen LogP contribution in [0.5, 0.6) is 0 Å². The third-order valence-corrected chi connectivity index (χ3v) is 3.57. The van der Waals surface area contributed by atoms with Crippen LogP contribution in [0.2, 0.25) is 0 Å². The van der Waals surface area contributed by atoms with Crippen LogP contribution in [0.25, 0.3) is 0 Å². The molecule has 1 aromatic heterocycles. The lowest BCUT2D eigenvalue weighted by atomic mass is 10.1. The van der Waals surface area contributed by atoms with Crippen molar-refractivity contribution in [1.82, 2.24) is 20.0 Å². The number of aromatic nitrogens is 2. The molecule has 5 nitrogen and oxygen atoms in total. The molecule has 1 aliphatic rings. The van der Waals surface area contributed by atoms with Crippen LogP contribution in [0, 0.1) is 0 Å². The zero-order valence-electron chi connectivity index (χ0n) is 11.4. The van der Waals surface area contributed by atoms with Gasteiger partial charge in [-0.3, -0.25) is 9.48 Å². The van der Waals surface area contributed by atoms with E-state index >= 15 is 0 Å². The topological polar surface area (TPSA) is 50.2 Å². The minimum absolute atomic E-state index is 0.00693. The lowest BCUT2D eigenvalue weighted by Gasteiger charge is -2.23. The van der Waals surface area contributed by atoms with Gasteiger partial charge in [-0.05, 0) is 39.3 Å². The maximum absolute atomic E-state index is 12.1. The summed E-state index contributed by atoms with van der Waals surface area (Å²) in [5.41, 5.74) is 0.539. The number of piperidine rings is 1. The number of amides is 1. The normalized spacial score (nSPS) is 20.1. The van der Waals surface area contributed by atoms with Gasteiger partial charge in [0.25, 0.3) is 5.91 Å². The minimum atomic E-state index is -0.00693. The third kappa shape index (κ3) is 2.72. The molecule has 1 saturated heterocycles. The second kappa shape index (κ2) is 5.52. The van der Waals surface area contributed by atoms with Crippen molar-refractivity contribution in [3.05, 3.63) is 18.0 Å². The molecule has 1 unspecified atom stereocenters. The van der Waals surface area contributed by atoms with Crippen molar-refractivity contribution in [3.8, 4) is 0 Å². The molecule has 0 aromatic carbocycles. The van der Waals surface area contributed by atoms with Gasteiger partial charge in [0.2, 0.25) is 0 Å². The third-order valence-electron chi connectivity index (χ3n) is 3.57. The van der Waals surface area contributed by atoms with E-state index < -0.39 is 0 Å². The first-order valence-electron chi connectivity index (χ1n) is 6.62. The zero-order valence-corrected chi connectivity index (χ0v) is 11.4. The fourth-order valence-corrected chi connectivity index (χ4v) is 2.13. The molecule has 2 rings (SSSR count). The summed E-state index contributed by atoms with van der Waals surface area (Å²) in [6.07, 6.45) is 4.21. The average molecular weight is 250 g/mol. The monoisotopic (exact) mass is 250 g/mol. The molecule has 0 aliphatic carbocycles. The van der Waals surface area contributed by atoms with Gasteiger partial charge in [-0.15, -0.1) is 0 Å². The molecule has 0 spiro atoms. The van der Waals surface area contributed by atoms with Crippen molar-refractivity contribution >= 4 is 5.91 Å². The molecule has 18 heavy (non-hydrogen) atoms. The van der Waals surface area contributed by atoms with Crippen LogP contribution < -0.4 is 5.32 Å². The van der Waals surface area contributed by atoms with Gasteiger partial charge in [0.15, 0.2) is 0 Å². The second-order valence-electron chi connectivity index (χ2n) is 5.19. The summed E-state index contributed by atoms with van der Waals surface area (Å²) >= 11 is 0. The Hall–Kier alpha value is -1.36. The van der Waals surface area contributed by atoms with Gasteiger partial charge in [-0.25, -0.2) is 0 Å². The van der Waals surface area contributed by atoms with Crippen molar-refractivity contribution in [1.29, 1.82) is 0 Å². The second-order valence-corrected chi connectivity index (χ2v) is 5.19. The summed E-state index contributed by atoms with van der Waals surface area (Å²) in [5.74, 6) is -0.00693. The van der Waals surface area contributed by atoms with Crippen LogP contribution in [0.15, 0.2) is 12.3 Å². The smallest absolute Gasteiger partial charge is 0.274 e. The number of carbonyl (C=O) groups excluding carboxylic acids is 1. The van der Waals surface area contributed by atoms with Gasteiger partial charge >= 0.3 is 0 Å². The van der Waals surface area contributed by atoms with E-state index in [4.69, 9.17) is 0 Å². The molecule has 5 heteroatoms. The first-order valence-corrected chi connectivity index (χ1v) is 6.62. The summed E-state index contributed by atoms with van der Waals surface area (Å²) in [6.45, 7) is 6.02. The van der Waals surface area contributed by atoms with Crippen molar-refractivity contribution in [2.75, 3.05) is 20.1 Å². The van der Waals surface area contributed by atoms with Crippen LogP contribution in [0.4, 0.5) is 0 Å². The minimum Gasteiger partial charge on any atom is -0.338 e. The molecule has 1 aliphatic heterocycles. The predicted molar refractivity (Wildman–Crippen MR) is 70.6 cm³/mol. The first kappa shape index (κ1) is 13.1. The molecular weight excluding hydrogens is 228 g/mol. The van der Waals surface area contributed by atoms with E-state index in [1.807, 2.05) is 37.8 Å². The van der Waals surface area contributed by atoms with Crippen molar-refractivity contribution in [2.45, 2.75) is 38.8 Å². The lowest BCUT2D eigenvalue weighted by molar-refractivity contribution is 0.0747. The number of rotatable bonds is 3. The maximum atomic E-state index is 12.1.